The Hall–Kier alpha value is -0.550. The normalized spacial score (nSPS) is 18.1. The Morgan fingerprint density at radius 2 is 2.12 bits per heavy atom. The summed E-state index contributed by atoms with van der Waals surface area (Å²) in [6.45, 7) is 2.67. The molecule has 0 aliphatic carbocycles. The summed E-state index contributed by atoms with van der Waals surface area (Å²) in [4.78, 5) is 2.29. The molecule has 4 heteroatoms. The van der Waals surface area contributed by atoms with Gasteiger partial charge in [-0.25, -0.2) is 0 Å². The summed E-state index contributed by atoms with van der Waals surface area (Å²) in [6, 6.07) is 8.53. The Morgan fingerprint density at radius 1 is 1.38 bits per heavy atom. The van der Waals surface area contributed by atoms with Gasteiger partial charge in [-0.05, 0) is 17.5 Å². The van der Waals surface area contributed by atoms with Crippen LogP contribution in [0.25, 0.3) is 0 Å². The highest BCUT2D eigenvalue weighted by molar-refractivity contribution is 7.99. The second-order valence-corrected chi connectivity index (χ2v) is 5.25. The van der Waals surface area contributed by atoms with E-state index in [0.717, 1.165) is 19.5 Å². The fourth-order valence-electron chi connectivity index (χ4n) is 2.09. The van der Waals surface area contributed by atoms with Crippen molar-refractivity contribution in [3.8, 4) is 0 Å². The highest BCUT2D eigenvalue weighted by Gasteiger charge is 2.17. The monoisotopic (exact) mass is 238 g/mol. The Bertz CT molecular complexity index is 346. The van der Waals surface area contributed by atoms with Crippen molar-refractivity contribution in [3.05, 3.63) is 35.4 Å². The zero-order chi connectivity index (χ0) is 11.4. The van der Waals surface area contributed by atoms with Crippen LogP contribution in [0.1, 0.15) is 11.1 Å². The first-order valence-electron chi connectivity index (χ1n) is 5.58. The van der Waals surface area contributed by atoms with Crippen LogP contribution in [-0.2, 0) is 13.0 Å². The van der Waals surface area contributed by atoms with Gasteiger partial charge in [0.2, 0.25) is 0 Å². The molecule has 1 aliphatic heterocycles. The third-order valence-corrected chi connectivity index (χ3v) is 3.64. The number of thioether (sulfide) groups is 1. The van der Waals surface area contributed by atoms with E-state index >= 15 is 0 Å². The molecule has 88 valence electrons. The molecule has 0 saturated heterocycles. The molecule has 1 atom stereocenters. The summed E-state index contributed by atoms with van der Waals surface area (Å²) in [5, 5.41) is 9.69. The first-order valence-corrected chi connectivity index (χ1v) is 6.63. The van der Waals surface area contributed by atoms with Crippen molar-refractivity contribution < 1.29 is 5.11 Å². The van der Waals surface area contributed by atoms with Gasteiger partial charge >= 0.3 is 0 Å². The van der Waals surface area contributed by atoms with Crippen molar-refractivity contribution in [2.45, 2.75) is 18.4 Å². The van der Waals surface area contributed by atoms with E-state index in [2.05, 4.69) is 29.2 Å². The molecule has 0 spiro atoms. The second kappa shape index (κ2) is 5.68. The second-order valence-electron chi connectivity index (χ2n) is 4.04. The Labute approximate surface area is 101 Å². The highest BCUT2D eigenvalue weighted by Crippen LogP contribution is 2.19. The lowest BCUT2D eigenvalue weighted by atomic mass is 10.0. The van der Waals surface area contributed by atoms with Crippen LogP contribution in [0.4, 0.5) is 0 Å². The van der Waals surface area contributed by atoms with E-state index in [4.69, 9.17) is 5.73 Å². The van der Waals surface area contributed by atoms with E-state index in [1.165, 1.54) is 22.9 Å². The molecule has 1 aromatic carbocycles. The zero-order valence-corrected chi connectivity index (χ0v) is 10.1. The standard InChI is InChI=1S/C12H18N2OS/c13-9-16-12(15)8-14-6-5-10-3-1-2-4-11(10)7-14/h1-4,12,15H,5-9,13H2/t12-/m0/s1. The molecule has 2 rings (SSSR count). The van der Waals surface area contributed by atoms with E-state index in [1.807, 2.05) is 0 Å². The number of rotatable bonds is 4. The van der Waals surface area contributed by atoms with Crippen LogP contribution in [0.5, 0.6) is 0 Å². The number of benzene rings is 1. The van der Waals surface area contributed by atoms with Crippen LogP contribution in [0, 0.1) is 0 Å². The van der Waals surface area contributed by atoms with Gasteiger partial charge in [0, 0.05) is 25.5 Å². The van der Waals surface area contributed by atoms with Crippen molar-refractivity contribution >= 4 is 11.8 Å². The minimum absolute atomic E-state index is 0.365. The van der Waals surface area contributed by atoms with E-state index in [0.29, 0.717) is 12.4 Å². The predicted molar refractivity (Wildman–Crippen MR) is 68.1 cm³/mol. The minimum Gasteiger partial charge on any atom is -0.381 e. The highest BCUT2D eigenvalue weighted by atomic mass is 32.2. The van der Waals surface area contributed by atoms with E-state index in [-0.39, 0.29) is 5.44 Å². The summed E-state index contributed by atoms with van der Waals surface area (Å²) in [5.74, 6) is 0.478. The molecule has 3 nitrogen and oxygen atoms in total. The van der Waals surface area contributed by atoms with Gasteiger partial charge in [0.15, 0.2) is 0 Å². The maximum atomic E-state index is 9.69. The third-order valence-electron chi connectivity index (χ3n) is 2.91. The number of nitrogens with zero attached hydrogens (tertiary/aromatic N) is 1. The van der Waals surface area contributed by atoms with Crippen LogP contribution in [0.2, 0.25) is 0 Å². The van der Waals surface area contributed by atoms with Crippen molar-refractivity contribution in [1.29, 1.82) is 0 Å². The minimum atomic E-state index is -0.365. The average Bonchev–Trinajstić information content (AvgIpc) is 2.29. The summed E-state index contributed by atoms with van der Waals surface area (Å²) < 4.78 is 0. The van der Waals surface area contributed by atoms with Crippen LogP contribution in [-0.4, -0.2) is 34.4 Å². The number of nitrogens with two attached hydrogens (primary N) is 1. The topological polar surface area (TPSA) is 49.5 Å². The maximum absolute atomic E-state index is 9.69. The molecule has 0 bridgehead atoms. The number of hydrogen-bond acceptors (Lipinski definition) is 4. The number of aliphatic hydroxyl groups excluding tert-OH is 1. The zero-order valence-electron chi connectivity index (χ0n) is 9.30. The van der Waals surface area contributed by atoms with Gasteiger partial charge in [-0.1, -0.05) is 24.3 Å². The molecule has 0 aromatic heterocycles. The number of hydrogen-bond donors (Lipinski definition) is 2. The average molecular weight is 238 g/mol. The van der Waals surface area contributed by atoms with Gasteiger partial charge in [0.1, 0.15) is 5.44 Å². The quantitative estimate of drug-likeness (QED) is 0.769. The van der Waals surface area contributed by atoms with Crippen molar-refractivity contribution in [1.82, 2.24) is 4.90 Å². The lowest BCUT2D eigenvalue weighted by Crippen LogP contribution is -2.35. The Morgan fingerprint density at radius 3 is 2.88 bits per heavy atom. The van der Waals surface area contributed by atoms with Crippen LogP contribution in [0.15, 0.2) is 24.3 Å². The molecule has 0 radical (unpaired) electrons. The van der Waals surface area contributed by atoms with Gasteiger partial charge in [-0.2, -0.15) is 0 Å². The SMILES string of the molecule is NCS[C@H](O)CN1CCc2ccccc2C1. The Kier molecular flexibility index (Phi) is 4.23. The molecular formula is C12H18N2OS. The molecule has 0 amide bonds. The van der Waals surface area contributed by atoms with E-state index in [9.17, 15) is 5.11 Å². The fourth-order valence-corrected chi connectivity index (χ4v) is 2.63. The molecule has 1 heterocycles. The first kappa shape index (κ1) is 11.9. The molecule has 1 aliphatic rings. The molecule has 16 heavy (non-hydrogen) atoms. The predicted octanol–water partition coefficient (Wildman–Crippen LogP) is 1.01. The summed E-state index contributed by atoms with van der Waals surface area (Å²) in [5.41, 5.74) is 7.86. The third kappa shape index (κ3) is 2.98. The fraction of sp³-hybridized carbons (Fsp3) is 0.500. The summed E-state index contributed by atoms with van der Waals surface area (Å²) in [7, 11) is 0. The van der Waals surface area contributed by atoms with Gasteiger partial charge < -0.3 is 10.8 Å². The van der Waals surface area contributed by atoms with Crippen LogP contribution in [0.3, 0.4) is 0 Å². The number of aliphatic hydroxyl groups is 1. The van der Waals surface area contributed by atoms with Gasteiger partial charge in [-0.15, -0.1) is 11.8 Å². The summed E-state index contributed by atoms with van der Waals surface area (Å²) in [6.07, 6.45) is 1.08. The maximum Gasteiger partial charge on any atom is 0.113 e. The van der Waals surface area contributed by atoms with Crippen molar-refractivity contribution in [3.63, 3.8) is 0 Å². The summed E-state index contributed by atoms with van der Waals surface area (Å²) >= 11 is 1.40. The van der Waals surface area contributed by atoms with Gasteiger partial charge in [-0.3, -0.25) is 4.90 Å². The van der Waals surface area contributed by atoms with Gasteiger partial charge in [0.05, 0.1) is 0 Å². The molecule has 0 unspecified atom stereocenters. The Balaban J connectivity index is 1.92. The smallest absolute Gasteiger partial charge is 0.113 e. The lowest BCUT2D eigenvalue weighted by molar-refractivity contribution is 0.163. The molecule has 0 fully saturated rings. The first-order chi connectivity index (χ1) is 7.79. The van der Waals surface area contributed by atoms with Gasteiger partial charge in [0.25, 0.3) is 0 Å². The molecule has 1 aromatic rings. The van der Waals surface area contributed by atoms with Crippen molar-refractivity contribution in [2.75, 3.05) is 19.0 Å². The molecular weight excluding hydrogens is 220 g/mol. The van der Waals surface area contributed by atoms with Crippen LogP contribution >= 0.6 is 11.8 Å². The lowest BCUT2D eigenvalue weighted by Gasteiger charge is -2.30. The number of fused-ring (bicyclic) bond motifs is 1. The van der Waals surface area contributed by atoms with E-state index in [1.54, 1.807) is 0 Å². The molecule has 3 N–H and O–H groups in total. The largest absolute Gasteiger partial charge is 0.381 e. The molecule has 0 saturated carbocycles. The van der Waals surface area contributed by atoms with E-state index < -0.39 is 0 Å². The van der Waals surface area contributed by atoms with Crippen molar-refractivity contribution in [2.24, 2.45) is 5.73 Å². The number of β-amino-alcohol motifs (C(OH)–C–C–N with tert-alkyl or cyclic N) is 1. The van der Waals surface area contributed by atoms with Crippen LogP contribution < -0.4 is 5.73 Å².